The first-order valence-electron chi connectivity index (χ1n) is 9.74. The lowest BCUT2D eigenvalue weighted by Gasteiger charge is -2.24. The minimum absolute atomic E-state index is 0.144. The molecule has 4 rings (SSSR count). The first kappa shape index (κ1) is 23.6. The molecule has 9 nitrogen and oxygen atoms in total. The molecule has 4 heterocycles. The lowest BCUT2D eigenvalue weighted by molar-refractivity contribution is 0.0495. The summed E-state index contributed by atoms with van der Waals surface area (Å²) < 4.78 is 43.9. The Bertz CT molecular complexity index is 1370. The third kappa shape index (κ3) is 4.58. The van der Waals surface area contributed by atoms with E-state index in [0.717, 1.165) is 6.20 Å². The molecule has 0 bridgehead atoms. The molecular weight excluding hydrogens is 564 g/mol. The second-order valence-electron chi connectivity index (χ2n) is 7.26. The summed E-state index contributed by atoms with van der Waals surface area (Å²) in [6.45, 7) is 1.85. The number of alkyl halides is 4. The molecule has 0 aliphatic carbocycles. The standard InChI is InChI=1S/C21H16F3IN8O/c1-21(25,12-7-30-20(34-2)31-8-12)33-19-29-6-11(4-26)16(32-19)14-9-28-18-13(14)3-10(5-27-18)15(22)17(23)24/h3,5-9,15,17H,1-2H3,(H,27,28)(H,29,32,33). The highest BCUT2D eigenvalue weighted by Gasteiger charge is 2.27. The molecule has 4 aromatic heterocycles. The maximum Gasteiger partial charge on any atom is 0.316 e. The Labute approximate surface area is 205 Å². The Morgan fingerprint density at radius 1 is 1.15 bits per heavy atom. The first-order chi connectivity index (χ1) is 16.2. The van der Waals surface area contributed by atoms with E-state index < -0.39 is 16.1 Å². The van der Waals surface area contributed by atoms with Gasteiger partial charge in [-0.25, -0.2) is 38.1 Å². The predicted molar refractivity (Wildman–Crippen MR) is 125 cm³/mol. The summed E-state index contributed by atoms with van der Waals surface area (Å²) in [7, 11) is 1.47. The topological polar surface area (TPSA) is 125 Å². The molecule has 0 saturated heterocycles. The average Bonchev–Trinajstić information content (AvgIpc) is 3.26. The summed E-state index contributed by atoms with van der Waals surface area (Å²) in [5.74, 6) is 0.191. The first-order valence-corrected chi connectivity index (χ1v) is 10.8. The Morgan fingerprint density at radius 3 is 2.53 bits per heavy atom. The molecule has 0 aliphatic rings. The second-order valence-corrected chi connectivity index (χ2v) is 9.41. The van der Waals surface area contributed by atoms with Crippen LogP contribution < -0.4 is 10.1 Å². The van der Waals surface area contributed by atoms with E-state index in [9.17, 15) is 18.4 Å². The molecule has 0 fully saturated rings. The largest absolute Gasteiger partial charge is 0.467 e. The van der Waals surface area contributed by atoms with Crippen molar-refractivity contribution in [3.8, 4) is 23.3 Å². The number of nitriles is 1. The minimum atomic E-state index is -3.19. The molecule has 0 amide bonds. The van der Waals surface area contributed by atoms with E-state index in [-0.39, 0.29) is 28.8 Å². The maximum atomic E-state index is 13.9. The van der Waals surface area contributed by atoms with Crippen molar-refractivity contribution in [3.05, 3.63) is 53.7 Å². The highest BCUT2D eigenvalue weighted by atomic mass is 127. The number of aromatic amines is 1. The Hall–Kier alpha value is -3.54. The zero-order valence-electron chi connectivity index (χ0n) is 17.7. The van der Waals surface area contributed by atoms with Crippen molar-refractivity contribution < 1.29 is 17.9 Å². The van der Waals surface area contributed by atoms with Crippen LogP contribution in [0.15, 0.2) is 37.1 Å². The molecular formula is C21H16F3IN8O. The number of halogens is 4. The third-order valence-corrected chi connectivity index (χ3v) is 5.85. The van der Waals surface area contributed by atoms with Crippen molar-refractivity contribution >= 4 is 39.6 Å². The number of ether oxygens (including phenoxy) is 1. The van der Waals surface area contributed by atoms with E-state index in [1.54, 1.807) is 12.4 Å². The van der Waals surface area contributed by atoms with Crippen LogP contribution in [0.4, 0.5) is 19.1 Å². The molecule has 174 valence electrons. The smallest absolute Gasteiger partial charge is 0.316 e. The van der Waals surface area contributed by atoms with Crippen molar-refractivity contribution in [1.82, 2.24) is 29.9 Å². The molecule has 0 saturated carbocycles. The Kier molecular flexibility index (Phi) is 6.51. The lowest BCUT2D eigenvalue weighted by Crippen LogP contribution is -2.26. The normalized spacial score (nSPS) is 13.9. The number of aromatic nitrogens is 6. The zero-order chi connectivity index (χ0) is 24.5. The molecule has 13 heteroatoms. The van der Waals surface area contributed by atoms with E-state index in [1.807, 2.05) is 13.0 Å². The van der Waals surface area contributed by atoms with E-state index in [0.29, 0.717) is 22.2 Å². The van der Waals surface area contributed by atoms with E-state index in [1.165, 1.54) is 25.6 Å². The minimum Gasteiger partial charge on any atom is -0.467 e. The molecule has 34 heavy (non-hydrogen) atoms. The van der Waals surface area contributed by atoms with Crippen LogP contribution in [0.25, 0.3) is 22.3 Å². The van der Waals surface area contributed by atoms with Gasteiger partial charge >= 0.3 is 6.01 Å². The number of nitrogens with zero attached hydrogens (tertiary/aromatic N) is 6. The molecule has 2 N–H and O–H groups in total. The van der Waals surface area contributed by atoms with Crippen LogP contribution in [0.3, 0.4) is 0 Å². The summed E-state index contributed by atoms with van der Waals surface area (Å²) in [5, 5.41) is 13.1. The second kappa shape index (κ2) is 9.37. The van der Waals surface area contributed by atoms with Crippen LogP contribution >= 0.6 is 22.6 Å². The van der Waals surface area contributed by atoms with Crippen LogP contribution in [0.1, 0.15) is 29.8 Å². The number of rotatable bonds is 7. The van der Waals surface area contributed by atoms with Gasteiger partial charge < -0.3 is 15.0 Å². The number of H-pyrrole nitrogens is 1. The quantitative estimate of drug-likeness (QED) is 0.183. The van der Waals surface area contributed by atoms with E-state index in [4.69, 9.17) is 4.74 Å². The fraction of sp³-hybridized carbons (Fsp3) is 0.238. The highest BCUT2D eigenvalue weighted by molar-refractivity contribution is 14.1. The van der Waals surface area contributed by atoms with Gasteiger partial charge in [-0.05, 0) is 35.6 Å². The molecule has 2 unspecified atom stereocenters. The molecule has 4 aromatic rings. The maximum absolute atomic E-state index is 13.9. The fourth-order valence-electron chi connectivity index (χ4n) is 3.19. The van der Waals surface area contributed by atoms with Crippen LogP contribution in [0.2, 0.25) is 0 Å². The third-order valence-electron chi connectivity index (χ3n) is 4.96. The Morgan fingerprint density at radius 2 is 1.88 bits per heavy atom. The van der Waals surface area contributed by atoms with Crippen molar-refractivity contribution in [2.75, 3.05) is 12.4 Å². The molecule has 0 aromatic carbocycles. The van der Waals surface area contributed by atoms with Gasteiger partial charge in [0, 0.05) is 46.9 Å². The molecule has 0 aliphatic heterocycles. The van der Waals surface area contributed by atoms with Crippen LogP contribution in [-0.2, 0) is 3.55 Å². The van der Waals surface area contributed by atoms with Crippen molar-refractivity contribution in [1.29, 1.82) is 5.26 Å². The van der Waals surface area contributed by atoms with Gasteiger partial charge in [-0.1, -0.05) is 0 Å². The summed E-state index contributed by atoms with van der Waals surface area (Å²) in [5.41, 5.74) is 1.56. The number of methoxy groups -OCH3 is 1. The molecule has 0 radical (unpaired) electrons. The SMILES string of the molecule is COc1ncc(C(C)(I)Nc2ncc(C#N)c(-c3c[nH]c4ncc(C(F)C(F)F)cc34)n2)cn1. The van der Waals surface area contributed by atoms with Crippen molar-refractivity contribution in [3.63, 3.8) is 0 Å². The number of hydrogen-bond donors (Lipinski definition) is 2. The summed E-state index contributed by atoms with van der Waals surface area (Å²) in [6, 6.07) is 3.52. The van der Waals surface area contributed by atoms with Crippen LogP contribution in [0.5, 0.6) is 6.01 Å². The fourth-order valence-corrected chi connectivity index (χ4v) is 3.71. The predicted octanol–water partition coefficient (Wildman–Crippen LogP) is 4.69. The van der Waals surface area contributed by atoms with E-state index >= 15 is 0 Å². The number of anilines is 1. The van der Waals surface area contributed by atoms with Gasteiger partial charge in [-0.2, -0.15) is 5.26 Å². The lowest BCUT2D eigenvalue weighted by atomic mass is 10.1. The van der Waals surface area contributed by atoms with E-state index in [2.05, 4.69) is 57.8 Å². The summed E-state index contributed by atoms with van der Waals surface area (Å²) >= 11 is 2.14. The zero-order valence-corrected chi connectivity index (χ0v) is 19.9. The highest BCUT2D eigenvalue weighted by Crippen LogP contribution is 2.35. The van der Waals surface area contributed by atoms with Crippen molar-refractivity contribution in [2.24, 2.45) is 0 Å². The summed E-state index contributed by atoms with van der Waals surface area (Å²) in [4.78, 5) is 23.8. The molecule has 0 spiro atoms. The van der Waals surface area contributed by atoms with Gasteiger partial charge in [-0.3, -0.25) is 0 Å². The van der Waals surface area contributed by atoms with Gasteiger partial charge in [0.15, 0.2) is 6.17 Å². The Balaban J connectivity index is 1.74. The van der Waals surface area contributed by atoms with Gasteiger partial charge in [0.2, 0.25) is 5.95 Å². The summed E-state index contributed by atoms with van der Waals surface area (Å²) in [6.07, 6.45) is 1.45. The monoisotopic (exact) mass is 580 g/mol. The van der Waals surface area contributed by atoms with Crippen LogP contribution in [-0.4, -0.2) is 43.4 Å². The van der Waals surface area contributed by atoms with Gasteiger partial charge in [0.1, 0.15) is 15.3 Å². The number of nitrogens with one attached hydrogen (secondary N) is 2. The molecule has 2 atom stereocenters. The number of hydrogen-bond acceptors (Lipinski definition) is 8. The van der Waals surface area contributed by atoms with Gasteiger partial charge in [0.25, 0.3) is 6.43 Å². The number of fused-ring (bicyclic) bond motifs is 1. The average molecular weight is 580 g/mol. The van der Waals surface area contributed by atoms with Crippen LogP contribution in [0, 0.1) is 11.3 Å². The van der Waals surface area contributed by atoms with Gasteiger partial charge in [-0.15, -0.1) is 0 Å². The van der Waals surface area contributed by atoms with Gasteiger partial charge in [0.05, 0.1) is 24.6 Å². The van der Waals surface area contributed by atoms with Crippen molar-refractivity contribution in [2.45, 2.75) is 23.1 Å². The number of pyridine rings is 1.